The fourth-order valence-electron chi connectivity index (χ4n) is 1.86. The Bertz CT molecular complexity index is 298. The maximum Gasteiger partial charge on any atom is 0.370 e. The number of halogens is 2. The zero-order valence-electron chi connectivity index (χ0n) is 11.9. The molecule has 118 valence electrons. The van der Waals surface area contributed by atoms with Gasteiger partial charge in [-0.25, -0.2) is 0 Å². The van der Waals surface area contributed by atoms with E-state index in [-0.39, 0.29) is 12.4 Å². The van der Waals surface area contributed by atoms with Gasteiger partial charge in [-0.15, -0.1) is 0 Å². The quantitative estimate of drug-likeness (QED) is 0.132. The standard InChI is InChI=1S/C13H23Cl2NO4/c1-20-12(17)10-8-6-4-2-3-5-7-9-11-13(14,15)16(18)19/h2-11H2,1H3. The average molecular weight is 328 g/mol. The number of hydrogen-bond acceptors (Lipinski definition) is 4. The molecule has 0 saturated carbocycles. The van der Waals surface area contributed by atoms with E-state index in [1.54, 1.807) is 0 Å². The van der Waals surface area contributed by atoms with Gasteiger partial charge in [-0.1, -0.05) is 38.5 Å². The molecule has 0 aliphatic carbocycles. The van der Waals surface area contributed by atoms with Gasteiger partial charge in [0.2, 0.25) is 0 Å². The smallest absolute Gasteiger partial charge is 0.370 e. The molecule has 0 unspecified atom stereocenters. The molecule has 0 atom stereocenters. The minimum Gasteiger partial charge on any atom is -0.469 e. The van der Waals surface area contributed by atoms with Crippen LogP contribution in [-0.2, 0) is 9.53 Å². The summed E-state index contributed by atoms with van der Waals surface area (Å²) in [5.41, 5.74) is 0. The van der Waals surface area contributed by atoms with E-state index >= 15 is 0 Å². The lowest BCUT2D eigenvalue weighted by atomic mass is 10.1. The van der Waals surface area contributed by atoms with Gasteiger partial charge in [0.25, 0.3) is 0 Å². The van der Waals surface area contributed by atoms with Crippen LogP contribution in [-0.4, -0.2) is 22.5 Å². The zero-order chi connectivity index (χ0) is 15.4. The van der Waals surface area contributed by atoms with E-state index in [2.05, 4.69) is 4.74 Å². The molecule has 0 heterocycles. The summed E-state index contributed by atoms with van der Waals surface area (Å²) in [6, 6.07) is 0. The van der Waals surface area contributed by atoms with Gasteiger partial charge in [0.15, 0.2) is 0 Å². The average Bonchev–Trinajstić information content (AvgIpc) is 2.40. The predicted molar refractivity (Wildman–Crippen MR) is 79.6 cm³/mol. The van der Waals surface area contributed by atoms with Crippen LogP contribution in [0.4, 0.5) is 0 Å². The van der Waals surface area contributed by atoms with Crippen molar-refractivity contribution in [2.24, 2.45) is 0 Å². The summed E-state index contributed by atoms with van der Waals surface area (Å²) in [7, 11) is 1.40. The topological polar surface area (TPSA) is 69.4 Å². The number of hydrogen-bond donors (Lipinski definition) is 0. The molecule has 5 nitrogen and oxygen atoms in total. The Labute approximate surface area is 130 Å². The number of carbonyl (C=O) groups is 1. The fourth-order valence-corrected chi connectivity index (χ4v) is 2.13. The van der Waals surface area contributed by atoms with Crippen molar-refractivity contribution in [2.75, 3.05) is 7.11 Å². The summed E-state index contributed by atoms with van der Waals surface area (Å²) in [4.78, 5) is 20.7. The zero-order valence-corrected chi connectivity index (χ0v) is 13.4. The first-order valence-corrected chi connectivity index (χ1v) is 7.75. The molecule has 0 aromatic rings. The van der Waals surface area contributed by atoms with E-state index in [1.807, 2.05) is 0 Å². The first-order chi connectivity index (χ1) is 9.40. The lowest BCUT2D eigenvalue weighted by molar-refractivity contribution is -0.516. The summed E-state index contributed by atoms with van der Waals surface area (Å²) in [6.45, 7) is 0. The minimum atomic E-state index is -1.84. The summed E-state index contributed by atoms with van der Waals surface area (Å²) in [6.07, 6.45) is 8.47. The highest BCUT2D eigenvalue weighted by molar-refractivity contribution is 6.46. The number of carbonyl (C=O) groups excluding carboxylic acids is 1. The molecule has 0 aromatic heterocycles. The minimum absolute atomic E-state index is 0.151. The Morgan fingerprint density at radius 2 is 1.50 bits per heavy atom. The summed E-state index contributed by atoms with van der Waals surface area (Å²) in [5.74, 6) is -0.151. The molecule has 0 N–H and O–H groups in total. The number of ether oxygens (including phenoxy) is 1. The van der Waals surface area contributed by atoms with Gasteiger partial charge >= 0.3 is 10.4 Å². The Kier molecular flexibility index (Phi) is 10.8. The monoisotopic (exact) mass is 327 g/mol. The largest absolute Gasteiger partial charge is 0.469 e. The van der Waals surface area contributed by atoms with E-state index in [0.29, 0.717) is 12.8 Å². The summed E-state index contributed by atoms with van der Waals surface area (Å²) < 4.78 is 2.72. The molecule has 0 rings (SSSR count). The number of unbranched alkanes of at least 4 members (excludes halogenated alkanes) is 7. The summed E-state index contributed by atoms with van der Waals surface area (Å²) in [5, 5.41) is 10.5. The molecule has 0 aliphatic rings. The van der Waals surface area contributed by atoms with Crippen LogP contribution in [0.15, 0.2) is 0 Å². The second-order valence-electron chi connectivity index (χ2n) is 4.83. The van der Waals surface area contributed by atoms with Crippen LogP contribution in [0.5, 0.6) is 0 Å². The lowest BCUT2D eigenvalue weighted by Crippen LogP contribution is -2.24. The van der Waals surface area contributed by atoms with Crippen molar-refractivity contribution in [3.63, 3.8) is 0 Å². The van der Waals surface area contributed by atoms with Crippen molar-refractivity contribution in [3.8, 4) is 0 Å². The molecule has 0 saturated heterocycles. The van der Waals surface area contributed by atoms with Crippen LogP contribution in [0.25, 0.3) is 0 Å². The Morgan fingerprint density at radius 3 is 1.95 bits per heavy atom. The van der Waals surface area contributed by atoms with Crippen molar-refractivity contribution in [2.45, 2.75) is 68.7 Å². The molecule has 0 aliphatic heterocycles. The highest BCUT2D eigenvalue weighted by Gasteiger charge is 2.36. The van der Waals surface area contributed by atoms with E-state index in [1.165, 1.54) is 7.11 Å². The second kappa shape index (κ2) is 11.1. The van der Waals surface area contributed by atoms with Crippen molar-refractivity contribution in [1.82, 2.24) is 0 Å². The Balaban J connectivity index is 3.29. The molecular weight excluding hydrogens is 305 g/mol. The number of methoxy groups -OCH3 is 1. The molecule has 0 spiro atoms. The fraction of sp³-hybridized carbons (Fsp3) is 0.923. The van der Waals surface area contributed by atoms with Gasteiger partial charge in [-0.2, -0.15) is 0 Å². The van der Waals surface area contributed by atoms with Crippen LogP contribution < -0.4 is 0 Å². The van der Waals surface area contributed by atoms with Gasteiger partial charge in [-0.05, 0) is 36.0 Å². The number of rotatable bonds is 12. The molecular formula is C13H23Cl2NO4. The molecule has 20 heavy (non-hydrogen) atoms. The number of nitro groups is 1. The van der Waals surface area contributed by atoms with Gasteiger partial charge in [-0.3, -0.25) is 14.9 Å². The van der Waals surface area contributed by atoms with Crippen molar-refractivity contribution in [3.05, 3.63) is 10.1 Å². The summed E-state index contributed by atoms with van der Waals surface area (Å²) >= 11 is 11.1. The second-order valence-corrected chi connectivity index (χ2v) is 6.27. The molecule has 0 bridgehead atoms. The third-order valence-electron chi connectivity index (χ3n) is 3.10. The van der Waals surface area contributed by atoms with E-state index in [4.69, 9.17) is 23.2 Å². The number of alkyl halides is 2. The molecule has 0 fully saturated rings. The predicted octanol–water partition coefficient (Wildman–Crippen LogP) is 4.47. The lowest BCUT2D eigenvalue weighted by Gasteiger charge is -2.09. The molecule has 0 aromatic carbocycles. The highest BCUT2D eigenvalue weighted by Crippen LogP contribution is 2.28. The first-order valence-electron chi connectivity index (χ1n) is 6.99. The van der Waals surface area contributed by atoms with E-state index in [0.717, 1.165) is 44.9 Å². The van der Waals surface area contributed by atoms with Crippen LogP contribution >= 0.6 is 23.2 Å². The van der Waals surface area contributed by atoms with Gasteiger partial charge < -0.3 is 4.74 Å². The molecule has 7 heteroatoms. The van der Waals surface area contributed by atoms with Crippen LogP contribution in [0.2, 0.25) is 0 Å². The van der Waals surface area contributed by atoms with Gasteiger partial charge in [0.05, 0.1) is 12.0 Å². The van der Waals surface area contributed by atoms with Gasteiger partial charge in [0, 0.05) is 12.8 Å². The number of nitrogens with zero attached hydrogens (tertiary/aromatic N) is 1. The third kappa shape index (κ3) is 10.3. The molecule has 0 amide bonds. The maximum absolute atomic E-state index is 10.9. The Morgan fingerprint density at radius 1 is 1.05 bits per heavy atom. The highest BCUT2D eigenvalue weighted by atomic mass is 35.5. The Hall–Kier alpha value is -0.550. The van der Waals surface area contributed by atoms with E-state index in [9.17, 15) is 14.9 Å². The van der Waals surface area contributed by atoms with E-state index < -0.39 is 9.38 Å². The van der Waals surface area contributed by atoms with Crippen molar-refractivity contribution in [1.29, 1.82) is 0 Å². The third-order valence-corrected chi connectivity index (χ3v) is 3.76. The van der Waals surface area contributed by atoms with Crippen molar-refractivity contribution < 1.29 is 14.5 Å². The SMILES string of the molecule is COC(=O)CCCCCCCCCCC(Cl)(Cl)[N+](=O)[O-]. The van der Waals surface area contributed by atoms with Crippen LogP contribution in [0.1, 0.15) is 64.2 Å². The first kappa shape index (κ1) is 19.4. The van der Waals surface area contributed by atoms with Crippen LogP contribution in [0.3, 0.4) is 0 Å². The maximum atomic E-state index is 10.9. The van der Waals surface area contributed by atoms with Gasteiger partial charge in [0.1, 0.15) is 0 Å². The number of esters is 1. The van der Waals surface area contributed by atoms with Crippen molar-refractivity contribution >= 4 is 29.2 Å². The van der Waals surface area contributed by atoms with Crippen LogP contribution in [0, 0.1) is 10.1 Å². The molecule has 0 radical (unpaired) electrons. The normalized spacial score (nSPS) is 11.3.